The molecule has 0 spiro atoms. The molecule has 0 bridgehead atoms. The first kappa shape index (κ1) is 13.4. The lowest BCUT2D eigenvalue weighted by Crippen LogP contribution is -2.52. The maximum Gasteiger partial charge on any atom is 0.0596 e. The standard InChI is InChI=1S/C19H30O/c1-18-11-4-3-5-13(18)6-7-14-15-8-9-17(20)19(15,2)12-10-16(14)18/h3,5,13-17,20H,4,6-12H2,1-2H3/t13-,14?,15?,16?,17-,18?,19?/m0/s1. The predicted molar refractivity (Wildman–Crippen MR) is 82.3 cm³/mol. The van der Waals surface area contributed by atoms with Gasteiger partial charge < -0.3 is 5.11 Å². The van der Waals surface area contributed by atoms with Crippen LogP contribution in [0.1, 0.15) is 65.2 Å². The van der Waals surface area contributed by atoms with Gasteiger partial charge in [-0.3, -0.25) is 0 Å². The van der Waals surface area contributed by atoms with Crippen LogP contribution in [-0.4, -0.2) is 11.2 Å². The zero-order valence-electron chi connectivity index (χ0n) is 13.1. The van der Waals surface area contributed by atoms with Crippen molar-refractivity contribution in [2.75, 3.05) is 0 Å². The molecule has 0 aromatic heterocycles. The molecule has 0 amide bonds. The molecule has 1 nitrogen and oxygen atoms in total. The highest BCUT2D eigenvalue weighted by Gasteiger charge is 2.59. The quantitative estimate of drug-likeness (QED) is 0.642. The van der Waals surface area contributed by atoms with E-state index < -0.39 is 0 Å². The van der Waals surface area contributed by atoms with E-state index in [0.717, 1.165) is 30.1 Å². The molecule has 0 aliphatic heterocycles. The number of fused-ring (bicyclic) bond motifs is 5. The number of aliphatic hydroxyl groups is 1. The van der Waals surface area contributed by atoms with Crippen LogP contribution in [0.25, 0.3) is 0 Å². The maximum atomic E-state index is 10.5. The van der Waals surface area contributed by atoms with Crippen molar-refractivity contribution in [3.8, 4) is 0 Å². The second-order valence-corrected chi connectivity index (χ2v) is 8.67. The van der Waals surface area contributed by atoms with Gasteiger partial charge in [-0.05, 0) is 85.9 Å². The molecule has 3 saturated carbocycles. The predicted octanol–water partition coefficient (Wildman–Crippen LogP) is 4.56. The molecule has 0 radical (unpaired) electrons. The van der Waals surface area contributed by atoms with Crippen LogP contribution < -0.4 is 0 Å². The van der Waals surface area contributed by atoms with Crippen molar-refractivity contribution in [3.05, 3.63) is 12.2 Å². The third-order valence-corrected chi connectivity index (χ3v) is 8.11. The normalized spacial score (nSPS) is 57.9. The third-order valence-electron chi connectivity index (χ3n) is 8.11. The molecule has 7 atom stereocenters. The Balaban J connectivity index is 1.67. The smallest absolute Gasteiger partial charge is 0.0596 e. The highest BCUT2D eigenvalue weighted by molar-refractivity contribution is 5.13. The van der Waals surface area contributed by atoms with Gasteiger partial charge in [0, 0.05) is 0 Å². The van der Waals surface area contributed by atoms with E-state index in [0.29, 0.717) is 5.41 Å². The van der Waals surface area contributed by atoms with Gasteiger partial charge in [0.2, 0.25) is 0 Å². The number of aliphatic hydroxyl groups excluding tert-OH is 1. The Morgan fingerprint density at radius 3 is 2.55 bits per heavy atom. The molecule has 1 N–H and O–H groups in total. The average Bonchev–Trinajstić information content (AvgIpc) is 2.74. The zero-order valence-corrected chi connectivity index (χ0v) is 13.1. The van der Waals surface area contributed by atoms with Gasteiger partial charge in [0.05, 0.1) is 6.10 Å². The Morgan fingerprint density at radius 2 is 1.70 bits per heavy atom. The summed E-state index contributed by atoms with van der Waals surface area (Å²) in [7, 11) is 0. The lowest BCUT2D eigenvalue weighted by atomic mass is 9.46. The average molecular weight is 274 g/mol. The maximum absolute atomic E-state index is 10.5. The lowest BCUT2D eigenvalue weighted by Gasteiger charge is -2.59. The fourth-order valence-corrected chi connectivity index (χ4v) is 6.80. The fraction of sp³-hybridized carbons (Fsp3) is 0.895. The molecule has 0 aromatic carbocycles. The molecule has 0 saturated heterocycles. The van der Waals surface area contributed by atoms with Crippen LogP contribution in [0.3, 0.4) is 0 Å². The second-order valence-electron chi connectivity index (χ2n) is 8.67. The summed E-state index contributed by atoms with van der Waals surface area (Å²) in [5, 5.41) is 10.5. The van der Waals surface area contributed by atoms with E-state index in [4.69, 9.17) is 0 Å². The van der Waals surface area contributed by atoms with Crippen LogP contribution >= 0.6 is 0 Å². The van der Waals surface area contributed by atoms with Gasteiger partial charge in [-0.25, -0.2) is 0 Å². The molecule has 0 heterocycles. The molecule has 4 rings (SSSR count). The SMILES string of the molecule is CC12CCC3C(CC[C@@H]4C=CCCC34C)C1CC[C@@H]2O. The molecule has 112 valence electrons. The van der Waals surface area contributed by atoms with Crippen LogP contribution in [-0.2, 0) is 0 Å². The van der Waals surface area contributed by atoms with Gasteiger partial charge in [0.1, 0.15) is 0 Å². The van der Waals surface area contributed by atoms with E-state index in [2.05, 4.69) is 26.0 Å². The number of allylic oxidation sites excluding steroid dienone is 2. The van der Waals surface area contributed by atoms with Gasteiger partial charge in [0.15, 0.2) is 0 Å². The molecule has 4 aliphatic carbocycles. The van der Waals surface area contributed by atoms with E-state index >= 15 is 0 Å². The third kappa shape index (κ3) is 1.59. The van der Waals surface area contributed by atoms with E-state index in [-0.39, 0.29) is 11.5 Å². The first-order chi connectivity index (χ1) is 9.56. The highest BCUT2D eigenvalue weighted by Crippen LogP contribution is 2.65. The largest absolute Gasteiger partial charge is 0.393 e. The highest BCUT2D eigenvalue weighted by atomic mass is 16.3. The molecular weight excluding hydrogens is 244 g/mol. The molecule has 4 aliphatic rings. The molecule has 3 fully saturated rings. The summed E-state index contributed by atoms with van der Waals surface area (Å²) >= 11 is 0. The van der Waals surface area contributed by atoms with E-state index in [1.165, 1.54) is 44.9 Å². The van der Waals surface area contributed by atoms with Crippen molar-refractivity contribution in [2.24, 2.45) is 34.5 Å². The molecule has 0 aromatic rings. The second kappa shape index (κ2) is 4.35. The summed E-state index contributed by atoms with van der Waals surface area (Å²) in [6.45, 7) is 4.98. The van der Waals surface area contributed by atoms with Crippen molar-refractivity contribution in [3.63, 3.8) is 0 Å². The van der Waals surface area contributed by atoms with Crippen molar-refractivity contribution >= 4 is 0 Å². The van der Waals surface area contributed by atoms with Crippen LogP contribution in [0.5, 0.6) is 0 Å². The van der Waals surface area contributed by atoms with E-state index in [9.17, 15) is 5.11 Å². The molecule has 1 heteroatoms. The van der Waals surface area contributed by atoms with Gasteiger partial charge in [-0.2, -0.15) is 0 Å². The van der Waals surface area contributed by atoms with E-state index in [1.54, 1.807) is 0 Å². The Bertz CT molecular complexity index is 427. The minimum atomic E-state index is -0.0229. The molecule has 5 unspecified atom stereocenters. The fourth-order valence-electron chi connectivity index (χ4n) is 6.80. The zero-order chi connectivity index (χ0) is 14.0. The Labute approximate surface area is 123 Å². The summed E-state index contributed by atoms with van der Waals surface area (Å²) in [6, 6.07) is 0. The molecule has 20 heavy (non-hydrogen) atoms. The number of hydrogen-bond donors (Lipinski definition) is 1. The van der Waals surface area contributed by atoms with Crippen molar-refractivity contribution in [1.29, 1.82) is 0 Å². The van der Waals surface area contributed by atoms with Crippen molar-refractivity contribution < 1.29 is 5.11 Å². The summed E-state index contributed by atoms with van der Waals surface area (Å²) in [5.74, 6) is 3.47. The number of hydrogen-bond acceptors (Lipinski definition) is 1. The van der Waals surface area contributed by atoms with Crippen LogP contribution in [0.4, 0.5) is 0 Å². The summed E-state index contributed by atoms with van der Waals surface area (Å²) < 4.78 is 0. The first-order valence-electron chi connectivity index (χ1n) is 8.90. The Kier molecular flexibility index (Phi) is 2.91. The topological polar surface area (TPSA) is 20.2 Å². The van der Waals surface area contributed by atoms with Gasteiger partial charge in [-0.1, -0.05) is 26.0 Å². The van der Waals surface area contributed by atoms with Gasteiger partial charge >= 0.3 is 0 Å². The Morgan fingerprint density at radius 1 is 0.900 bits per heavy atom. The van der Waals surface area contributed by atoms with Crippen molar-refractivity contribution in [1.82, 2.24) is 0 Å². The molecular formula is C19H30O. The minimum absolute atomic E-state index is 0.0229. The number of rotatable bonds is 0. The first-order valence-corrected chi connectivity index (χ1v) is 8.90. The van der Waals surface area contributed by atoms with E-state index in [1.807, 2.05) is 0 Å². The summed E-state index contributed by atoms with van der Waals surface area (Å²) in [6.07, 6.45) is 15.4. The van der Waals surface area contributed by atoms with Gasteiger partial charge in [0.25, 0.3) is 0 Å². The van der Waals surface area contributed by atoms with Crippen LogP contribution in [0.2, 0.25) is 0 Å². The minimum Gasteiger partial charge on any atom is -0.393 e. The van der Waals surface area contributed by atoms with Gasteiger partial charge in [-0.15, -0.1) is 0 Å². The monoisotopic (exact) mass is 274 g/mol. The summed E-state index contributed by atoms with van der Waals surface area (Å²) in [4.78, 5) is 0. The Hall–Kier alpha value is -0.300. The van der Waals surface area contributed by atoms with Crippen molar-refractivity contribution in [2.45, 2.75) is 71.3 Å². The lowest BCUT2D eigenvalue weighted by molar-refractivity contribution is -0.104. The van der Waals surface area contributed by atoms with Crippen LogP contribution in [0, 0.1) is 34.5 Å². The summed E-state index contributed by atoms with van der Waals surface area (Å²) in [5.41, 5.74) is 0.807. The van der Waals surface area contributed by atoms with Crippen LogP contribution in [0.15, 0.2) is 12.2 Å².